The summed E-state index contributed by atoms with van der Waals surface area (Å²) < 4.78 is 13.5. The third-order valence-corrected chi connectivity index (χ3v) is 2.63. The van der Waals surface area contributed by atoms with Crippen LogP contribution in [0, 0.1) is 17.1 Å². The summed E-state index contributed by atoms with van der Waals surface area (Å²) in [6.07, 6.45) is 0. The summed E-state index contributed by atoms with van der Waals surface area (Å²) in [6, 6.07) is 6.65. The fourth-order valence-corrected chi connectivity index (χ4v) is 1.82. The van der Waals surface area contributed by atoms with E-state index in [1.54, 1.807) is 12.1 Å². The van der Waals surface area contributed by atoms with Gasteiger partial charge in [-0.15, -0.1) is 0 Å². The molecule has 0 spiro atoms. The molecule has 0 saturated carbocycles. The van der Waals surface area contributed by atoms with E-state index in [0.717, 1.165) is 18.7 Å². The quantitative estimate of drug-likeness (QED) is 0.674. The second-order valence-electron chi connectivity index (χ2n) is 3.77. The molecular weight excluding hydrogens is 179 g/mol. The van der Waals surface area contributed by atoms with Crippen LogP contribution >= 0.6 is 0 Å². The van der Waals surface area contributed by atoms with Crippen LogP contribution < -0.4 is 0 Å². The molecule has 1 heterocycles. The summed E-state index contributed by atoms with van der Waals surface area (Å²) in [7, 11) is 2.01. The highest BCUT2D eigenvalue weighted by molar-refractivity contribution is 5.35. The lowest BCUT2D eigenvalue weighted by Crippen LogP contribution is -2.42. The van der Waals surface area contributed by atoms with Crippen molar-refractivity contribution < 1.29 is 4.39 Å². The van der Waals surface area contributed by atoms with Crippen molar-refractivity contribution >= 4 is 0 Å². The number of nitriles is 1. The number of nitrogens with zero attached hydrogens (tertiary/aromatic N) is 2. The van der Waals surface area contributed by atoms with Gasteiger partial charge < -0.3 is 4.90 Å². The SMILES string of the molecule is CN1CC(c2ccc(C#N)cc2F)C1. The minimum Gasteiger partial charge on any atom is -0.305 e. The van der Waals surface area contributed by atoms with E-state index in [1.165, 1.54) is 6.07 Å². The van der Waals surface area contributed by atoms with Crippen LogP contribution in [0.1, 0.15) is 17.0 Å². The number of halogens is 1. The summed E-state index contributed by atoms with van der Waals surface area (Å²) in [5.41, 5.74) is 1.13. The van der Waals surface area contributed by atoms with Crippen molar-refractivity contribution in [1.82, 2.24) is 4.90 Å². The highest BCUT2D eigenvalue weighted by Crippen LogP contribution is 2.27. The summed E-state index contributed by atoms with van der Waals surface area (Å²) >= 11 is 0. The Kier molecular flexibility index (Phi) is 2.22. The molecule has 0 bridgehead atoms. The predicted molar refractivity (Wildman–Crippen MR) is 51.4 cm³/mol. The zero-order chi connectivity index (χ0) is 10.1. The molecule has 1 aliphatic rings. The van der Waals surface area contributed by atoms with Crippen LogP contribution in [0.15, 0.2) is 18.2 Å². The topological polar surface area (TPSA) is 27.0 Å². The Bertz CT molecular complexity index is 389. The number of hydrogen-bond acceptors (Lipinski definition) is 2. The number of likely N-dealkylation sites (N-methyl/N-ethyl adjacent to an activating group) is 1. The maximum absolute atomic E-state index is 13.5. The molecule has 0 atom stereocenters. The molecular formula is C11H11FN2. The highest BCUT2D eigenvalue weighted by atomic mass is 19.1. The van der Waals surface area contributed by atoms with Gasteiger partial charge in [0.25, 0.3) is 0 Å². The molecule has 14 heavy (non-hydrogen) atoms. The molecule has 0 N–H and O–H groups in total. The van der Waals surface area contributed by atoms with Gasteiger partial charge in [0, 0.05) is 19.0 Å². The van der Waals surface area contributed by atoms with E-state index in [9.17, 15) is 4.39 Å². The normalized spacial score (nSPS) is 17.5. The van der Waals surface area contributed by atoms with E-state index in [-0.39, 0.29) is 5.82 Å². The molecule has 2 nitrogen and oxygen atoms in total. The van der Waals surface area contributed by atoms with E-state index in [2.05, 4.69) is 4.90 Å². The van der Waals surface area contributed by atoms with Crippen LogP contribution in [0.4, 0.5) is 4.39 Å². The van der Waals surface area contributed by atoms with Gasteiger partial charge in [-0.3, -0.25) is 0 Å². The molecule has 0 radical (unpaired) electrons. The first-order valence-corrected chi connectivity index (χ1v) is 4.59. The van der Waals surface area contributed by atoms with Gasteiger partial charge in [-0.25, -0.2) is 4.39 Å². The molecule has 1 fully saturated rings. The summed E-state index contributed by atoms with van der Waals surface area (Å²) in [6.45, 7) is 1.81. The van der Waals surface area contributed by atoms with Gasteiger partial charge in [-0.05, 0) is 24.7 Å². The lowest BCUT2D eigenvalue weighted by molar-refractivity contribution is 0.186. The van der Waals surface area contributed by atoms with Gasteiger partial charge in [-0.1, -0.05) is 6.07 Å². The predicted octanol–water partition coefficient (Wildman–Crippen LogP) is 1.73. The van der Waals surface area contributed by atoms with E-state index < -0.39 is 0 Å². The lowest BCUT2D eigenvalue weighted by atomic mass is 9.91. The minimum atomic E-state index is -0.248. The second-order valence-corrected chi connectivity index (χ2v) is 3.77. The molecule has 72 valence electrons. The van der Waals surface area contributed by atoms with Crippen LogP contribution in [0.25, 0.3) is 0 Å². The van der Waals surface area contributed by atoms with Gasteiger partial charge in [0.1, 0.15) is 5.82 Å². The zero-order valence-electron chi connectivity index (χ0n) is 8.00. The van der Waals surface area contributed by atoms with E-state index in [0.29, 0.717) is 11.5 Å². The maximum Gasteiger partial charge on any atom is 0.128 e. The molecule has 2 rings (SSSR count). The Labute approximate surface area is 82.6 Å². The summed E-state index contributed by atoms with van der Waals surface area (Å²) in [4.78, 5) is 2.14. The Hall–Kier alpha value is -1.40. The number of benzene rings is 1. The number of hydrogen-bond donors (Lipinski definition) is 0. The Morgan fingerprint density at radius 2 is 2.21 bits per heavy atom. The van der Waals surface area contributed by atoms with E-state index >= 15 is 0 Å². The fraction of sp³-hybridized carbons (Fsp3) is 0.364. The first-order chi connectivity index (χ1) is 6.70. The molecule has 1 aliphatic heterocycles. The first-order valence-electron chi connectivity index (χ1n) is 4.59. The molecule has 1 aromatic rings. The second kappa shape index (κ2) is 3.39. The standard InChI is InChI=1S/C11H11FN2/c1-14-6-9(7-14)10-3-2-8(5-13)4-11(10)12/h2-4,9H,6-7H2,1H3. The van der Waals surface area contributed by atoms with Gasteiger partial charge in [0.15, 0.2) is 0 Å². The monoisotopic (exact) mass is 190 g/mol. The van der Waals surface area contributed by atoms with Crippen molar-refractivity contribution in [3.63, 3.8) is 0 Å². The Morgan fingerprint density at radius 1 is 1.50 bits per heavy atom. The van der Waals surface area contributed by atoms with Crippen molar-refractivity contribution in [3.05, 3.63) is 35.1 Å². The molecule has 0 aromatic heterocycles. The van der Waals surface area contributed by atoms with Crippen molar-refractivity contribution in [2.45, 2.75) is 5.92 Å². The van der Waals surface area contributed by atoms with Crippen molar-refractivity contribution in [2.24, 2.45) is 0 Å². The average Bonchev–Trinajstić information content (AvgIpc) is 2.13. The Morgan fingerprint density at radius 3 is 2.71 bits per heavy atom. The number of likely N-dealkylation sites (tertiary alicyclic amines) is 1. The van der Waals surface area contributed by atoms with Gasteiger partial charge in [-0.2, -0.15) is 5.26 Å². The molecule has 3 heteroatoms. The van der Waals surface area contributed by atoms with Crippen LogP contribution in [0.3, 0.4) is 0 Å². The van der Waals surface area contributed by atoms with Crippen LogP contribution in [-0.2, 0) is 0 Å². The first kappa shape index (κ1) is 9.17. The molecule has 0 aliphatic carbocycles. The van der Waals surface area contributed by atoms with Crippen molar-refractivity contribution in [2.75, 3.05) is 20.1 Å². The Balaban J connectivity index is 2.24. The molecule has 0 amide bonds. The minimum absolute atomic E-state index is 0.248. The van der Waals surface area contributed by atoms with Crippen molar-refractivity contribution in [1.29, 1.82) is 5.26 Å². The lowest BCUT2D eigenvalue weighted by Gasteiger charge is -2.36. The molecule has 1 saturated heterocycles. The summed E-state index contributed by atoms with van der Waals surface area (Å²) in [5.74, 6) is 0.0508. The third-order valence-electron chi connectivity index (χ3n) is 2.63. The van der Waals surface area contributed by atoms with Gasteiger partial charge in [0.05, 0.1) is 11.6 Å². The van der Waals surface area contributed by atoms with Crippen molar-refractivity contribution in [3.8, 4) is 6.07 Å². The van der Waals surface area contributed by atoms with E-state index in [4.69, 9.17) is 5.26 Å². The van der Waals surface area contributed by atoms with Gasteiger partial charge >= 0.3 is 0 Å². The van der Waals surface area contributed by atoms with Crippen LogP contribution in [0.5, 0.6) is 0 Å². The largest absolute Gasteiger partial charge is 0.305 e. The maximum atomic E-state index is 13.5. The average molecular weight is 190 g/mol. The van der Waals surface area contributed by atoms with Crippen LogP contribution in [-0.4, -0.2) is 25.0 Å². The number of rotatable bonds is 1. The van der Waals surface area contributed by atoms with Crippen LogP contribution in [0.2, 0.25) is 0 Å². The molecule has 0 unspecified atom stereocenters. The molecule has 1 aromatic carbocycles. The zero-order valence-corrected chi connectivity index (χ0v) is 8.00. The fourth-order valence-electron chi connectivity index (χ4n) is 1.82. The summed E-state index contributed by atoms with van der Waals surface area (Å²) in [5, 5.41) is 8.58. The van der Waals surface area contributed by atoms with Gasteiger partial charge in [0.2, 0.25) is 0 Å². The van der Waals surface area contributed by atoms with E-state index in [1.807, 2.05) is 13.1 Å². The highest BCUT2D eigenvalue weighted by Gasteiger charge is 2.26. The third kappa shape index (κ3) is 1.49. The smallest absolute Gasteiger partial charge is 0.128 e.